The van der Waals surface area contributed by atoms with Crippen molar-refractivity contribution in [2.45, 2.75) is 6.18 Å². The van der Waals surface area contributed by atoms with Crippen LogP contribution in [0.1, 0.15) is 15.9 Å². The number of alkyl halides is 3. The third-order valence-electron chi connectivity index (χ3n) is 5.12. The van der Waals surface area contributed by atoms with E-state index in [0.717, 1.165) is 12.1 Å². The number of benzene rings is 3. The first-order valence-corrected chi connectivity index (χ1v) is 11.3. The van der Waals surface area contributed by atoms with Crippen LogP contribution in [0.3, 0.4) is 0 Å². The zero-order valence-electron chi connectivity index (χ0n) is 19.2. The normalized spacial score (nSPS) is 11.2. The minimum Gasteiger partial charge on any atom is -0.493 e. The number of carbonyl (C=O) groups excluding carboxylic acids is 2. The van der Waals surface area contributed by atoms with Gasteiger partial charge in [-0.2, -0.15) is 13.2 Å². The van der Waals surface area contributed by atoms with Crippen LogP contribution < -0.4 is 19.5 Å². The number of ether oxygens (including phenoxy) is 3. The van der Waals surface area contributed by atoms with E-state index in [4.69, 9.17) is 14.2 Å². The molecule has 0 aliphatic heterocycles. The SMILES string of the molecule is COc1cc2ncnc(Oc3ccc(C(=O)C(=O)Nc4cc(Br)cc(C(F)(F)F)c4)cc3)c2cc1OC. The molecule has 0 spiro atoms. The van der Waals surface area contributed by atoms with Gasteiger partial charge < -0.3 is 19.5 Å². The van der Waals surface area contributed by atoms with Gasteiger partial charge in [-0.15, -0.1) is 0 Å². The second kappa shape index (κ2) is 10.4. The van der Waals surface area contributed by atoms with Crippen molar-refractivity contribution in [2.75, 3.05) is 19.5 Å². The number of hydrogen-bond acceptors (Lipinski definition) is 7. The van der Waals surface area contributed by atoms with Crippen molar-refractivity contribution in [1.29, 1.82) is 0 Å². The van der Waals surface area contributed by atoms with E-state index in [-0.39, 0.29) is 21.6 Å². The third kappa shape index (κ3) is 5.80. The number of anilines is 1. The van der Waals surface area contributed by atoms with Gasteiger partial charge in [0.1, 0.15) is 12.1 Å². The first-order chi connectivity index (χ1) is 17.6. The van der Waals surface area contributed by atoms with Gasteiger partial charge in [-0.05, 0) is 48.5 Å². The summed E-state index contributed by atoms with van der Waals surface area (Å²) in [5, 5.41) is 2.75. The number of amides is 1. The van der Waals surface area contributed by atoms with Gasteiger partial charge in [-0.25, -0.2) is 9.97 Å². The minimum absolute atomic E-state index is 0.00911. The quantitative estimate of drug-likeness (QED) is 0.212. The Hall–Kier alpha value is -4.19. The van der Waals surface area contributed by atoms with Crippen molar-refractivity contribution in [3.8, 4) is 23.1 Å². The van der Waals surface area contributed by atoms with Gasteiger partial charge in [-0.1, -0.05) is 15.9 Å². The smallest absolute Gasteiger partial charge is 0.416 e. The Morgan fingerprint density at radius 3 is 2.24 bits per heavy atom. The number of halogens is 4. The number of hydrogen-bond donors (Lipinski definition) is 1. The van der Waals surface area contributed by atoms with Crippen LogP contribution >= 0.6 is 15.9 Å². The van der Waals surface area contributed by atoms with E-state index in [0.29, 0.717) is 28.2 Å². The fourth-order valence-corrected chi connectivity index (χ4v) is 3.86. The number of ketones is 1. The molecular weight excluding hydrogens is 559 g/mol. The summed E-state index contributed by atoms with van der Waals surface area (Å²) in [6, 6.07) is 11.8. The molecule has 0 unspecified atom stereocenters. The summed E-state index contributed by atoms with van der Waals surface area (Å²) >= 11 is 2.97. The van der Waals surface area contributed by atoms with E-state index >= 15 is 0 Å². The molecular formula is C25H17BrF3N3O5. The van der Waals surface area contributed by atoms with E-state index in [1.807, 2.05) is 0 Å². The fraction of sp³-hybridized carbons (Fsp3) is 0.120. The molecule has 0 bridgehead atoms. The topological polar surface area (TPSA) is 99.6 Å². The Kier molecular flexibility index (Phi) is 7.30. The van der Waals surface area contributed by atoms with Crippen molar-refractivity contribution >= 4 is 44.2 Å². The highest BCUT2D eigenvalue weighted by Crippen LogP contribution is 2.36. The lowest BCUT2D eigenvalue weighted by Gasteiger charge is -2.12. The molecule has 1 aromatic heterocycles. The van der Waals surface area contributed by atoms with Crippen LogP contribution in [0.25, 0.3) is 10.9 Å². The van der Waals surface area contributed by atoms with Crippen LogP contribution in [-0.2, 0) is 11.0 Å². The molecule has 0 atom stereocenters. The van der Waals surface area contributed by atoms with Gasteiger partial charge in [0.2, 0.25) is 5.88 Å². The van der Waals surface area contributed by atoms with Crippen LogP contribution in [-0.4, -0.2) is 35.9 Å². The third-order valence-corrected chi connectivity index (χ3v) is 5.58. The Labute approximate surface area is 216 Å². The molecule has 1 amide bonds. The molecule has 1 heterocycles. The number of fused-ring (bicyclic) bond motifs is 1. The van der Waals surface area contributed by atoms with Crippen molar-refractivity contribution in [1.82, 2.24) is 9.97 Å². The number of methoxy groups -OCH3 is 2. The van der Waals surface area contributed by atoms with E-state index in [2.05, 4.69) is 31.2 Å². The zero-order valence-corrected chi connectivity index (χ0v) is 20.8. The molecule has 190 valence electrons. The Morgan fingerprint density at radius 2 is 1.59 bits per heavy atom. The van der Waals surface area contributed by atoms with Gasteiger partial charge in [0, 0.05) is 21.8 Å². The summed E-state index contributed by atoms with van der Waals surface area (Å²) < 4.78 is 55.6. The largest absolute Gasteiger partial charge is 0.493 e. The molecule has 0 saturated carbocycles. The van der Waals surface area contributed by atoms with Crippen LogP contribution in [0.5, 0.6) is 23.1 Å². The number of nitrogens with one attached hydrogen (secondary N) is 1. The minimum atomic E-state index is -4.62. The lowest BCUT2D eigenvalue weighted by atomic mass is 10.1. The maximum Gasteiger partial charge on any atom is 0.416 e. The average molecular weight is 576 g/mol. The molecule has 1 N–H and O–H groups in total. The summed E-state index contributed by atoms with van der Waals surface area (Å²) in [5.74, 6) is -0.564. The van der Waals surface area contributed by atoms with Crippen molar-refractivity contribution < 1.29 is 37.0 Å². The number of rotatable bonds is 7. The standard InChI is InChI=1S/C25H17BrF3N3O5/c1-35-20-10-18-19(11-21(20)36-2)30-12-31-24(18)37-17-5-3-13(4-6-17)22(33)23(34)32-16-8-14(25(27,28)29)7-15(26)9-16/h3-12H,1-2H3,(H,32,34). The average Bonchev–Trinajstić information content (AvgIpc) is 2.87. The molecule has 0 aliphatic rings. The Balaban J connectivity index is 1.51. The second-order valence-corrected chi connectivity index (χ2v) is 8.45. The monoisotopic (exact) mass is 575 g/mol. The summed E-state index contributed by atoms with van der Waals surface area (Å²) in [5.41, 5.74) is -0.593. The number of aromatic nitrogens is 2. The van der Waals surface area contributed by atoms with E-state index in [9.17, 15) is 22.8 Å². The van der Waals surface area contributed by atoms with Crippen LogP contribution in [0.15, 0.2) is 65.4 Å². The van der Waals surface area contributed by atoms with Crippen LogP contribution in [0, 0.1) is 0 Å². The van der Waals surface area contributed by atoms with E-state index in [1.54, 1.807) is 12.1 Å². The van der Waals surface area contributed by atoms with Crippen molar-refractivity contribution in [2.24, 2.45) is 0 Å². The van der Waals surface area contributed by atoms with Crippen LogP contribution in [0.4, 0.5) is 18.9 Å². The molecule has 0 aliphatic carbocycles. The summed E-state index contributed by atoms with van der Waals surface area (Å²) in [6.07, 6.45) is -3.30. The number of Topliss-reactive ketones (excluding diaryl/α,β-unsaturated/α-hetero) is 1. The van der Waals surface area contributed by atoms with Crippen LogP contribution in [0.2, 0.25) is 0 Å². The van der Waals surface area contributed by atoms with Gasteiger partial charge >= 0.3 is 6.18 Å². The van der Waals surface area contributed by atoms with Gasteiger partial charge in [-0.3, -0.25) is 9.59 Å². The molecule has 0 fully saturated rings. The molecule has 0 radical (unpaired) electrons. The summed E-state index contributed by atoms with van der Waals surface area (Å²) in [4.78, 5) is 33.3. The fourth-order valence-electron chi connectivity index (χ4n) is 3.37. The summed E-state index contributed by atoms with van der Waals surface area (Å²) in [6.45, 7) is 0. The molecule has 12 heteroatoms. The lowest BCUT2D eigenvalue weighted by Crippen LogP contribution is -2.23. The Morgan fingerprint density at radius 1 is 0.919 bits per heavy atom. The number of nitrogens with zero attached hydrogens (tertiary/aromatic N) is 2. The van der Waals surface area contributed by atoms with Gasteiger partial charge in [0.05, 0.1) is 30.7 Å². The predicted molar refractivity (Wildman–Crippen MR) is 131 cm³/mol. The van der Waals surface area contributed by atoms with Gasteiger partial charge in [0.15, 0.2) is 11.5 Å². The first-order valence-electron chi connectivity index (χ1n) is 10.5. The highest BCUT2D eigenvalue weighted by atomic mass is 79.9. The highest BCUT2D eigenvalue weighted by Gasteiger charge is 2.31. The molecule has 37 heavy (non-hydrogen) atoms. The van der Waals surface area contributed by atoms with E-state index < -0.39 is 23.4 Å². The molecule has 4 aromatic rings. The maximum atomic E-state index is 13.0. The molecule has 0 saturated heterocycles. The second-order valence-electron chi connectivity index (χ2n) is 7.54. The van der Waals surface area contributed by atoms with Crippen molar-refractivity contribution in [3.63, 3.8) is 0 Å². The molecule has 3 aromatic carbocycles. The molecule has 8 nitrogen and oxygen atoms in total. The summed E-state index contributed by atoms with van der Waals surface area (Å²) in [7, 11) is 3.00. The lowest BCUT2D eigenvalue weighted by molar-refractivity contribution is -0.137. The Bertz CT molecular complexity index is 1490. The van der Waals surface area contributed by atoms with Gasteiger partial charge in [0.25, 0.3) is 11.7 Å². The first kappa shape index (κ1) is 25.9. The number of carbonyl (C=O) groups is 2. The predicted octanol–water partition coefficient (Wildman–Crippen LogP) is 6.04. The molecule has 4 rings (SSSR count). The van der Waals surface area contributed by atoms with E-state index in [1.165, 1.54) is 50.9 Å². The van der Waals surface area contributed by atoms with Crippen molar-refractivity contribution in [3.05, 3.63) is 76.5 Å². The highest BCUT2D eigenvalue weighted by molar-refractivity contribution is 9.10. The zero-order chi connectivity index (χ0) is 26.7. The maximum absolute atomic E-state index is 13.0.